The van der Waals surface area contributed by atoms with Gasteiger partial charge in [0.15, 0.2) is 0 Å². The molecule has 0 saturated carbocycles. The molecule has 0 radical (unpaired) electrons. The van der Waals surface area contributed by atoms with Gasteiger partial charge in [0, 0.05) is 18.5 Å². The van der Waals surface area contributed by atoms with Crippen molar-refractivity contribution < 1.29 is 4.74 Å². The van der Waals surface area contributed by atoms with Crippen LogP contribution in [0.3, 0.4) is 0 Å². The molecule has 1 fully saturated rings. The molecule has 4 heteroatoms. The minimum absolute atomic E-state index is 0.149. The largest absolute Gasteiger partial charge is 0.372 e. The first-order valence-electron chi connectivity index (χ1n) is 5.13. The highest BCUT2D eigenvalue weighted by atomic mass is 35.5. The molecule has 0 amide bonds. The van der Waals surface area contributed by atoms with Crippen molar-refractivity contribution in [1.82, 2.24) is 5.32 Å². The summed E-state index contributed by atoms with van der Waals surface area (Å²) in [5, 5.41) is 5.51. The summed E-state index contributed by atoms with van der Waals surface area (Å²) in [6.45, 7) is 7.09. The maximum Gasteiger partial charge on any atom is 0.0958 e. The van der Waals surface area contributed by atoms with Crippen LogP contribution < -0.4 is 5.32 Å². The van der Waals surface area contributed by atoms with E-state index in [1.54, 1.807) is 11.3 Å². The van der Waals surface area contributed by atoms with E-state index in [0.29, 0.717) is 0 Å². The summed E-state index contributed by atoms with van der Waals surface area (Å²) in [6, 6.07) is 2.00. The average Bonchev–Trinajstić information content (AvgIpc) is 2.49. The summed E-state index contributed by atoms with van der Waals surface area (Å²) in [6.07, 6.45) is 0.149. The molecule has 1 saturated heterocycles. The van der Waals surface area contributed by atoms with E-state index < -0.39 is 0 Å². The summed E-state index contributed by atoms with van der Waals surface area (Å²) < 4.78 is 6.73. The molecule has 2 rings (SSSR count). The monoisotopic (exact) mass is 245 g/mol. The van der Waals surface area contributed by atoms with E-state index in [9.17, 15) is 0 Å². The Labute approximate surface area is 99.6 Å². The van der Waals surface area contributed by atoms with Crippen molar-refractivity contribution in [2.24, 2.45) is 5.41 Å². The van der Waals surface area contributed by atoms with Crippen LogP contribution >= 0.6 is 22.9 Å². The minimum Gasteiger partial charge on any atom is -0.372 e. The van der Waals surface area contributed by atoms with Crippen molar-refractivity contribution >= 4 is 22.9 Å². The minimum atomic E-state index is 0.149. The van der Waals surface area contributed by atoms with E-state index in [1.807, 2.05) is 6.07 Å². The number of hydrogen-bond donors (Lipinski definition) is 1. The van der Waals surface area contributed by atoms with Crippen LogP contribution in [0.25, 0.3) is 0 Å². The number of hydrogen-bond acceptors (Lipinski definition) is 3. The van der Waals surface area contributed by atoms with Crippen LogP contribution in [-0.4, -0.2) is 19.7 Å². The van der Waals surface area contributed by atoms with E-state index in [2.05, 4.69) is 24.5 Å². The topological polar surface area (TPSA) is 21.3 Å². The second kappa shape index (κ2) is 4.42. The molecule has 0 bridgehead atoms. The zero-order chi connectivity index (χ0) is 10.9. The Kier molecular flexibility index (Phi) is 3.36. The highest BCUT2D eigenvalue weighted by Gasteiger charge is 2.25. The molecule has 0 aliphatic carbocycles. The zero-order valence-electron chi connectivity index (χ0n) is 9.05. The van der Waals surface area contributed by atoms with Crippen molar-refractivity contribution in [3.63, 3.8) is 0 Å². The Bertz CT molecular complexity index is 337. The van der Waals surface area contributed by atoms with Gasteiger partial charge in [-0.05, 0) is 17.0 Å². The van der Waals surface area contributed by atoms with Crippen LogP contribution in [0.2, 0.25) is 4.34 Å². The molecule has 1 aromatic rings. The van der Waals surface area contributed by atoms with Gasteiger partial charge in [0.2, 0.25) is 0 Å². The summed E-state index contributed by atoms with van der Waals surface area (Å²) >= 11 is 7.48. The van der Waals surface area contributed by atoms with Gasteiger partial charge in [-0.3, -0.25) is 0 Å². The summed E-state index contributed by atoms with van der Waals surface area (Å²) in [7, 11) is 0. The molecule has 1 N–H and O–H groups in total. The molecule has 1 unspecified atom stereocenters. The lowest BCUT2D eigenvalue weighted by atomic mass is 9.95. The summed E-state index contributed by atoms with van der Waals surface area (Å²) in [5.41, 5.74) is 1.41. The van der Waals surface area contributed by atoms with E-state index in [1.165, 1.54) is 5.56 Å². The summed E-state index contributed by atoms with van der Waals surface area (Å²) in [4.78, 5) is 0. The van der Waals surface area contributed by atoms with Crippen LogP contribution in [0.15, 0.2) is 11.4 Å². The molecular weight excluding hydrogens is 230 g/mol. The third kappa shape index (κ3) is 2.94. The zero-order valence-corrected chi connectivity index (χ0v) is 10.6. The van der Waals surface area contributed by atoms with Gasteiger partial charge in [0.05, 0.1) is 17.0 Å². The first kappa shape index (κ1) is 11.4. The van der Waals surface area contributed by atoms with E-state index in [4.69, 9.17) is 16.3 Å². The quantitative estimate of drug-likeness (QED) is 0.821. The van der Waals surface area contributed by atoms with E-state index >= 15 is 0 Å². The first-order chi connectivity index (χ1) is 7.07. The Hall–Kier alpha value is -0.0900. The fraction of sp³-hybridized carbons (Fsp3) is 0.636. The normalized spacial score (nSPS) is 26.2. The van der Waals surface area contributed by atoms with Crippen molar-refractivity contribution in [3.05, 3.63) is 21.3 Å². The molecule has 15 heavy (non-hydrogen) atoms. The number of ether oxygens (including phenoxy) is 1. The van der Waals surface area contributed by atoms with Gasteiger partial charge in [0.25, 0.3) is 0 Å². The molecular formula is C11H16ClNOS. The summed E-state index contributed by atoms with van der Waals surface area (Å²) in [5.74, 6) is 0. The molecule has 84 valence electrons. The molecule has 0 aromatic carbocycles. The van der Waals surface area contributed by atoms with Gasteiger partial charge in [-0.2, -0.15) is 0 Å². The fourth-order valence-electron chi connectivity index (χ4n) is 1.68. The third-order valence-corrected chi connectivity index (χ3v) is 3.68. The average molecular weight is 246 g/mol. The second-order valence-corrected chi connectivity index (χ2v) is 6.32. The number of nitrogens with one attached hydrogen (secondary N) is 1. The highest BCUT2D eigenvalue weighted by molar-refractivity contribution is 7.14. The molecule has 1 aliphatic heterocycles. The standard InChI is InChI=1S/C11H16ClNOS/c1-11(2)6-13-4-9(14-7-11)8-3-10(12)15-5-8/h3,5,9,13H,4,6-7H2,1-2H3. The molecule has 2 heterocycles. The maximum atomic E-state index is 5.92. The molecule has 1 aliphatic rings. The van der Waals surface area contributed by atoms with Gasteiger partial charge in [-0.1, -0.05) is 25.4 Å². The molecule has 0 spiro atoms. The molecule has 1 aromatic heterocycles. The lowest BCUT2D eigenvalue weighted by Crippen LogP contribution is -2.29. The van der Waals surface area contributed by atoms with Crippen molar-refractivity contribution in [2.45, 2.75) is 20.0 Å². The first-order valence-corrected chi connectivity index (χ1v) is 6.39. The van der Waals surface area contributed by atoms with Crippen LogP contribution in [0, 0.1) is 5.41 Å². The van der Waals surface area contributed by atoms with Gasteiger partial charge in [-0.25, -0.2) is 0 Å². The predicted molar refractivity (Wildman–Crippen MR) is 64.7 cm³/mol. The van der Waals surface area contributed by atoms with E-state index in [-0.39, 0.29) is 11.5 Å². The predicted octanol–water partition coefficient (Wildman–Crippen LogP) is 3.09. The van der Waals surface area contributed by atoms with Crippen molar-refractivity contribution in [2.75, 3.05) is 19.7 Å². The van der Waals surface area contributed by atoms with Gasteiger partial charge >= 0.3 is 0 Å². The Balaban J connectivity index is 2.05. The Morgan fingerprint density at radius 1 is 1.60 bits per heavy atom. The third-order valence-electron chi connectivity index (χ3n) is 2.57. The van der Waals surface area contributed by atoms with Crippen molar-refractivity contribution in [1.29, 1.82) is 0 Å². The molecule has 1 atom stereocenters. The van der Waals surface area contributed by atoms with Crippen LogP contribution in [0.4, 0.5) is 0 Å². The lowest BCUT2D eigenvalue weighted by molar-refractivity contribution is 0.0262. The molecule has 2 nitrogen and oxygen atoms in total. The number of thiophene rings is 1. The van der Waals surface area contributed by atoms with Crippen LogP contribution in [0.1, 0.15) is 25.5 Å². The lowest BCUT2D eigenvalue weighted by Gasteiger charge is -2.21. The highest BCUT2D eigenvalue weighted by Crippen LogP contribution is 2.29. The Morgan fingerprint density at radius 2 is 2.40 bits per heavy atom. The van der Waals surface area contributed by atoms with Gasteiger partial charge < -0.3 is 10.1 Å². The SMILES string of the molecule is CC1(C)CNCC(c2csc(Cl)c2)OC1. The van der Waals surface area contributed by atoms with Crippen LogP contribution in [-0.2, 0) is 4.74 Å². The Morgan fingerprint density at radius 3 is 3.07 bits per heavy atom. The fourth-order valence-corrected chi connectivity index (χ4v) is 2.62. The second-order valence-electron chi connectivity index (χ2n) is 4.78. The maximum absolute atomic E-state index is 5.92. The number of halogens is 1. The van der Waals surface area contributed by atoms with Crippen LogP contribution in [0.5, 0.6) is 0 Å². The van der Waals surface area contributed by atoms with Gasteiger partial charge in [0.1, 0.15) is 0 Å². The van der Waals surface area contributed by atoms with Crippen molar-refractivity contribution in [3.8, 4) is 0 Å². The smallest absolute Gasteiger partial charge is 0.0958 e. The van der Waals surface area contributed by atoms with Gasteiger partial charge in [-0.15, -0.1) is 11.3 Å². The number of rotatable bonds is 1. The van der Waals surface area contributed by atoms with E-state index in [0.717, 1.165) is 24.0 Å².